The lowest BCUT2D eigenvalue weighted by Gasteiger charge is -2.43. The first kappa shape index (κ1) is 38.7. The summed E-state index contributed by atoms with van der Waals surface area (Å²) in [6.07, 6.45) is -1.56. The fourth-order valence-electron chi connectivity index (χ4n) is 7.47. The molecule has 2 aromatic carbocycles. The number of ether oxygens (including phenoxy) is 3. The van der Waals surface area contributed by atoms with E-state index >= 15 is 0 Å². The van der Waals surface area contributed by atoms with Crippen LogP contribution in [-0.2, 0) is 30.3 Å². The van der Waals surface area contributed by atoms with E-state index in [0.717, 1.165) is 4.90 Å². The SMILES string of the molecule is COc1cccc2c1C(=O)c1c(O)c3c(c(O)c1C2=O)C[C@@](O)(/C(CO)=N\NC(=O)CCCCCN1C(=O)C=CC1=O)CC3O[C@H]1C[C@H](N)[C@H](O)[C@H](C)O1. The van der Waals surface area contributed by atoms with Gasteiger partial charge in [-0.2, -0.15) is 5.10 Å². The Bertz CT molecular complexity index is 1930. The zero-order valence-electron chi connectivity index (χ0n) is 29.6. The quantitative estimate of drug-likeness (QED) is 0.0434. The van der Waals surface area contributed by atoms with E-state index in [-0.39, 0.29) is 53.1 Å². The Kier molecular flexibility index (Phi) is 11.0. The van der Waals surface area contributed by atoms with E-state index in [2.05, 4.69) is 10.5 Å². The van der Waals surface area contributed by atoms with E-state index in [1.807, 2.05) is 0 Å². The number of nitrogens with zero attached hydrogens (tertiary/aromatic N) is 2. The summed E-state index contributed by atoms with van der Waals surface area (Å²) >= 11 is 0. The van der Waals surface area contributed by atoms with Crippen molar-refractivity contribution in [1.29, 1.82) is 0 Å². The van der Waals surface area contributed by atoms with Gasteiger partial charge in [-0.05, 0) is 25.8 Å². The van der Waals surface area contributed by atoms with Gasteiger partial charge in [0.15, 0.2) is 12.1 Å². The topological polar surface area (TPSA) is 268 Å². The van der Waals surface area contributed by atoms with Gasteiger partial charge in [0.1, 0.15) is 22.8 Å². The van der Waals surface area contributed by atoms with Gasteiger partial charge in [-0.15, -0.1) is 0 Å². The summed E-state index contributed by atoms with van der Waals surface area (Å²) in [5.74, 6) is -4.25. The summed E-state index contributed by atoms with van der Waals surface area (Å²) in [5.41, 5.74) is 4.46. The molecule has 0 saturated carbocycles. The van der Waals surface area contributed by atoms with Crippen molar-refractivity contribution in [1.82, 2.24) is 10.3 Å². The van der Waals surface area contributed by atoms with Crippen molar-refractivity contribution in [2.24, 2.45) is 10.8 Å². The van der Waals surface area contributed by atoms with Gasteiger partial charge in [0.2, 0.25) is 11.7 Å². The molecule has 1 saturated heterocycles. The predicted molar refractivity (Wildman–Crippen MR) is 187 cm³/mol. The second-order valence-electron chi connectivity index (χ2n) is 13.8. The Morgan fingerprint density at radius 3 is 2.43 bits per heavy atom. The number of benzene rings is 2. The number of carbonyl (C=O) groups is 5. The van der Waals surface area contributed by atoms with Gasteiger partial charge in [0.25, 0.3) is 11.8 Å². The number of aliphatic hydroxyl groups excluding tert-OH is 2. The lowest BCUT2D eigenvalue weighted by Crippen LogP contribution is -2.53. The highest BCUT2D eigenvalue weighted by Gasteiger charge is 2.49. The van der Waals surface area contributed by atoms with Crippen molar-refractivity contribution in [2.45, 2.75) is 88.1 Å². The standard InChI is InChI=1S/C37H42N4O13/c1-17-32(46)20(38)13-27(53-17)54-22-15-37(51,23(16-42)39-40-24(43)9-4-3-5-12-41-25(44)10-11-26(41)45)14-19-29(22)36(50)31-30(34(19)48)33(47)18-7-6-8-21(52-2)28(18)35(31)49/h6-8,10-11,17,20,22,27,32,42,46,48,50-51H,3-5,9,12-16,38H2,1-2H3,(H,40,43)/b39-23-/t17-,20-,22?,27-,32+,37-/m0/s1. The number of unbranched alkanes of at least 4 members (excludes halogenated alkanes) is 2. The predicted octanol–water partition coefficient (Wildman–Crippen LogP) is 0.390. The molecule has 54 heavy (non-hydrogen) atoms. The molecule has 0 spiro atoms. The second kappa shape index (κ2) is 15.4. The minimum absolute atomic E-state index is 0.0120. The summed E-state index contributed by atoms with van der Waals surface area (Å²) in [5, 5.41) is 60.5. The Morgan fingerprint density at radius 2 is 1.76 bits per heavy atom. The number of rotatable bonds is 12. The molecule has 288 valence electrons. The van der Waals surface area contributed by atoms with E-state index in [0.29, 0.717) is 19.3 Å². The Morgan fingerprint density at radius 1 is 1.06 bits per heavy atom. The van der Waals surface area contributed by atoms with Crippen LogP contribution in [0, 0.1) is 0 Å². The second-order valence-corrected chi connectivity index (χ2v) is 13.8. The number of phenols is 2. The number of nitrogens with one attached hydrogen (secondary N) is 1. The van der Waals surface area contributed by atoms with Crippen LogP contribution in [0.3, 0.4) is 0 Å². The van der Waals surface area contributed by atoms with E-state index in [1.165, 1.54) is 37.5 Å². The van der Waals surface area contributed by atoms with E-state index in [4.69, 9.17) is 19.9 Å². The maximum Gasteiger partial charge on any atom is 0.253 e. The molecule has 2 aromatic rings. The summed E-state index contributed by atoms with van der Waals surface area (Å²) in [4.78, 5) is 65.1. The number of methoxy groups -OCH3 is 1. The first-order valence-electron chi connectivity index (χ1n) is 17.5. The van der Waals surface area contributed by atoms with Crippen molar-refractivity contribution < 1.29 is 63.7 Å². The fourth-order valence-corrected chi connectivity index (χ4v) is 7.47. The maximum atomic E-state index is 14.0. The summed E-state index contributed by atoms with van der Waals surface area (Å²) in [6.45, 7) is 0.910. The van der Waals surface area contributed by atoms with Crippen LogP contribution in [-0.4, -0.2) is 116 Å². The maximum absolute atomic E-state index is 14.0. The van der Waals surface area contributed by atoms with Gasteiger partial charge < -0.3 is 45.5 Å². The molecule has 2 aliphatic carbocycles. The Hall–Kier alpha value is -5.04. The number of fused-ring (bicyclic) bond motifs is 3. The van der Waals surface area contributed by atoms with Crippen molar-refractivity contribution in [3.8, 4) is 17.2 Å². The summed E-state index contributed by atoms with van der Waals surface area (Å²) in [6, 6.07) is 3.57. The Labute approximate surface area is 309 Å². The zero-order valence-corrected chi connectivity index (χ0v) is 29.6. The Balaban J connectivity index is 1.29. The van der Waals surface area contributed by atoms with E-state index in [9.17, 15) is 49.5 Å². The number of nitrogens with two attached hydrogens (primary N) is 1. The molecule has 4 aliphatic rings. The molecule has 8 N–H and O–H groups in total. The first-order chi connectivity index (χ1) is 25.7. The van der Waals surface area contributed by atoms with Crippen LogP contribution < -0.4 is 15.9 Å². The third-order valence-corrected chi connectivity index (χ3v) is 10.3. The first-order valence-corrected chi connectivity index (χ1v) is 17.5. The minimum Gasteiger partial charge on any atom is -0.507 e. The molecule has 6 atom stereocenters. The number of aromatic hydroxyl groups is 2. The van der Waals surface area contributed by atoms with Crippen LogP contribution in [0.15, 0.2) is 35.5 Å². The summed E-state index contributed by atoms with van der Waals surface area (Å²) in [7, 11) is 1.32. The number of amides is 3. The molecule has 0 radical (unpaired) electrons. The monoisotopic (exact) mass is 750 g/mol. The molecule has 6 rings (SSSR count). The number of ketones is 2. The average molecular weight is 751 g/mol. The zero-order chi connectivity index (χ0) is 39.1. The van der Waals surface area contributed by atoms with Crippen molar-refractivity contribution in [3.05, 3.63) is 63.7 Å². The van der Waals surface area contributed by atoms with Crippen molar-refractivity contribution >= 4 is 35.0 Å². The molecule has 2 heterocycles. The van der Waals surface area contributed by atoms with Crippen molar-refractivity contribution in [3.63, 3.8) is 0 Å². The van der Waals surface area contributed by atoms with E-state index < -0.39 is 108 Å². The van der Waals surface area contributed by atoms with Crippen LogP contribution in [0.4, 0.5) is 0 Å². The molecule has 2 aliphatic heterocycles. The van der Waals surface area contributed by atoms with Crippen molar-refractivity contribution in [2.75, 3.05) is 20.3 Å². The van der Waals surface area contributed by atoms with Gasteiger partial charge in [-0.3, -0.25) is 28.9 Å². The molecule has 1 unspecified atom stereocenters. The van der Waals surface area contributed by atoms with Crippen LogP contribution in [0.5, 0.6) is 17.2 Å². The molecule has 1 fully saturated rings. The minimum atomic E-state index is -2.16. The molecule has 17 heteroatoms. The molecule has 17 nitrogen and oxygen atoms in total. The molecule has 0 bridgehead atoms. The van der Waals surface area contributed by atoms with Gasteiger partial charge in [-0.1, -0.05) is 18.6 Å². The number of hydrazone groups is 1. The highest BCUT2D eigenvalue weighted by Crippen LogP contribution is 2.52. The smallest absolute Gasteiger partial charge is 0.253 e. The third kappa shape index (κ3) is 7.01. The largest absolute Gasteiger partial charge is 0.507 e. The summed E-state index contributed by atoms with van der Waals surface area (Å²) < 4.78 is 17.4. The normalized spacial score (nSPS) is 26.4. The van der Waals surface area contributed by atoms with E-state index in [1.54, 1.807) is 6.92 Å². The van der Waals surface area contributed by atoms with Crippen LogP contribution in [0.2, 0.25) is 0 Å². The highest BCUT2D eigenvalue weighted by atomic mass is 16.7. The highest BCUT2D eigenvalue weighted by molar-refractivity contribution is 6.31. The fraction of sp³-hybridized carbons (Fsp3) is 0.459. The number of aliphatic hydroxyl groups is 3. The number of hydrogen-bond donors (Lipinski definition) is 7. The van der Waals surface area contributed by atoms with Crippen LogP contribution >= 0.6 is 0 Å². The molecule has 3 amide bonds. The van der Waals surface area contributed by atoms with Gasteiger partial charge in [-0.25, -0.2) is 5.43 Å². The third-order valence-electron chi connectivity index (χ3n) is 10.3. The average Bonchev–Trinajstić information content (AvgIpc) is 3.46. The number of imide groups is 1. The number of hydrogen-bond acceptors (Lipinski definition) is 15. The number of phenolic OH excluding ortho intramolecular Hbond substituents is 2. The van der Waals surface area contributed by atoms with Gasteiger partial charge in [0.05, 0.1) is 54.4 Å². The molecular formula is C37H42N4O13. The molecular weight excluding hydrogens is 708 g/mol. The van der Waals surface area contributed by atoms with Gasteiger partial charge >= 0.3 is 0 Å². The van der Waals surface area contributed by atoms with Crippen LogP contribution in [0.25, 0.3) is 0 Å². The number of carbonyl (C=O) groups excluding carboxylic acids is 5. The lowest BCUT2D eigenvalue weighted by atomic mass is 9.71. The van der Waals surface area contributed by atoms with Crippen LogP contribution in [0.1, 0.15) is 94.5 Å². The lowest BCUT2D eigenvalue weighted by molar-refractivity contribution is -0.245. The molecule has 0 aromatic heterocycles. The van der Waals surface area contributed by atoms with Gasteiger partial charge in [0, 0.05) is 67.1 Å².